The maximum atomic E-state index is 5.42. The van der Waals surface area contributed by atoms with Gasteiger partial charge in [-0.05, 0) is 51.3 Å². The minimum Gasteiger partial charge on any atom is -0.496 e. The third-order valence-electron chi connectivity index (χ3n) is 3.25. The minimum absolute atomic E-state index is 0.570. The molecule has 2 nitrogen and oxygen atoms in total. The van der Waals surface area contributed by atoms with E-state index in [9.17, 15) is 0 Å². The summed E-state index contributed by atoms with van der Waals surface area (Å²) >= 11 is 0. The summed E-state index contributed by atoms with van der Waals surface area (Å²) in [6.45, 7) is 6.66. The Morgan fingerprint density at radius 2 is 2.00 bits per heavy atom. The van der Waals surface area contributed by atoms with Gasteiger partial charge in [-0.25, -0.2) is 0 Å². The van der Waals surface area contributed by atoms with Gasteiger partial charge in [0.2, 0.25) is 0 Å². The average molecular weight is 235 g/mol. The van der Waals surface area contributed by atoms with E-state index in [0.29, 0.717) is 12.0 Å². The Kier molecular flexibility index (Phi) is 5.49. The fraction of sp³-hybridized carbons (Fsp3) is 0.600. The molecule has 0 radical (unpaired) electrons. The van der Waals surface area contributed by atoms with Gasteiger partial charge in [0.1, 0.15) is 5.75 Å². The van der Waals surface area contributed by atoms with Crippen LogP contribution < -0.4 is 10.1 Å². The normalized spacial score (nSPS) is 14.4. The maximum Gasteiger partial charge on any atom is 0.122 e. The van der Waals surface area contributed by atoms with Gasteiger partial charge in [0.25, 0.3) is 0 Å². The zero-order valence-corrected chi connectivity index (χ0v) is 11.7. The van der Waals surface area contributed by atoms with Gasteiger partial charge in [0.15, 0.2) is 0 Å². The van der Waals surface area contributed by atoms with Crippen LogP contribution in [0.5, 0.6) is 5.75 Å². The van der Waals surface area contributed by atoms with Crippen molar-refractivity contribution in [2.24, 2.45) is 5.92 Å². The summed E-state index contributed by atoms with van der Waals surface area (Å²) in [5.74, 6) is 1.67. The van der Waals surface area contributed by atoms with E-state index in [-0.39, 0.29) is 0 Å². The highest BCUT2D eigenvalue weighted by atomic mass is 16.5. The summed E-state index contributed by atoms with van der Waals surface area (Å²) in [5, 5.41) is 3.29. The SMILES string of the molecule is CNC(C)CC(C)Cc1cc(C)ccc1OC. The molecule has 0 aromatic heterocycles. The highest BCUT2D eigenvalue weighted by Gasteiger charge is 2.11. The smallest absolute Gasteiger partial charge is 0.122 e. The lowest BCUT2D eigenvalue weighted by Crippen LogP contribution is -2.24. The molecule has 1 N–H and O–H groups in total. The summed E-state index contributed by atoms with van der Waals surface area (Å²) in [5.41, 5.74) is 2.62. The lowest BCUT2D eigenvalue weighted by atomic mass is 9.94. The second kappa shape index (κ2) is 6.65. The number of benzene rings is 1. The number of aryl methyl sites for hydroxylation is 1. The Morgan fingerprint density at radius 3 is 2.59 bits per heavy atom. The molecule has 17 heavy (non-hydrogen) atoms. The van der Waals surface area contributed by atoms with Crippen LogP contribution in [0.2, 0.25) is 0 Å². The van der Waals surface area contributed by atoms with E-state index in [1.165, 1.54) is 17.5 Å². The van der Waals surface area contributed by atoms with Gasteiger partial charge in [0.05, 0.1) is 7.11 Å². The van der Waals surface area contributed by atoms with Crippen molar-refractivity contribution < 1.29 is 4.74 Å². The van der Waals surface area contributed by atoms with Crippen LogP contribution in [0.4, 0.5) is 0 Å². The number of nitrogens with one attached hydrogen (secondary N) is 1. The van der Waals surface area contributed by atoms with E-state index in [1.54, 1.807) is 7.11 Å². The number of rotatable bonds is 6. The van der Waals surface area contributed by atoms with Crippen molar-refractivity contribution in [2.75, 3.05) is 14.2 Å². The summed E-state index contributed by atoms with van der Waals surface area (Å²) in [6, 6.07) is 6.97. The second-order valence-corrected chi connectivity index (χ2v) is 5.05. The standard InChI is InChI=1S/C15H25NO/c1-11-6-7-15(17-5)14(9-11)10-12(2)8-13(3)16-4/h6-7,9,12-13,16H,8,10H2,1-5H3. The minimum atomic E-state index is 0.570. The van der Waals surface area contributed by atoms with Crippen LogP contribution in [0.25, 0.3) is 0 Å². The zero-order chi connectivity index (χ0) is 12.8. The predicted octanol–water partition coefficient (Wildman–Crippen LogP) is 3.18. The molecule has 1 rings (SSSR count). The fourth-order valence-corrected chi connectivity index (χ4v) is 2.25. The van der Waals surface area contributed by atoms with Gasteiger partial charge in [-0.15, -0.1) is 0 Å². The van der Waals surface area contributed by atoms with Crippen molar-refractivity contribution in [3.63, 3.8) is 0 Å². The molecule has 0 spiro atoms. The Labute approximate surface area is 105 Å². The highest BCUT2D eigenvalue weighted by molar-refractivity contribution is 5.37. The maximum absolute atomic E-state index is 5.42. The number of hydrogen-bond acceptors (Lipinski definition) is 2. The molecule has 0 saturated heterocycles. The van der Waals surface area contributed by atoms with E-state index in [0.717, 1.165) is 12.2 Å². The molecule has 1 aromatic rings. The number of hydrogen-bond donors (Lipinski definition) is 1. The van der Waals surface area contributed by atoms with Crippen LogP contribution in [0.15, 0.2) is 18.2 Å². The van der Waals surface area contributed by atoms with Crippen LogP contribution >= 0.6 is 0 Å². The first-order valence-electron chi connectivity index (χ1n) is 6.37. The van der Waals surface area contributed by atoms with Gasteiger partial charge in [-0.1, -0.05) is 24.6 Å². The van der Waals surface area contributed by atoms with Crippen molar-refractivity contribution in [1.82, 2.24) is 5.32 Å². The third-order valence-corrected chi connectivity index (χ3v) is 3.25. The van der Waals surface area contributed by atoms with E-state index >= 15 is 0 Å². The van der Waals surface area contributed by atoms with Gasteiger partial charge in [-0.2, -0.15) is 0 Å². The van der Waals surface area contributed by atoms with Crippen LogP contribution in [0, 0.1) is 12.8 Å². The van der Waals surface area contributed by atoms with E-state index in [1.807, 2.05) is 7.05 Å². The summed E-state index contributed by atoms with van der Waals surface area (Å²) < 4.78 is 5.42. The van der Waals surface area contributed by atoms with Crippen molar-refractivity contribution >= 4 is 0 Å². The van der Waals surface area contributed by atoms with Gasteiger partial charge in [-0.3, -0.25) is 0 Å². The molecule has 0 amide bonds. The third kappa shape index (κ3) is 4.39. The Morgan fingerprint density at radius 1 is 1.29 bits per heavy atom. The Balaban J connectivity index is 2.69. The quantitative estimate of drug-likeness (QED) is 0.817. The fourth-order valence-electron chi connectivity index (χ4n) is 2.25. The zero-order valence-electron chi connectivity index (χ0n) is 11.7. The molecule has 1 aromatic carbocycles. The Bertz CT molecular complexity index is 349. The van der Waals surface area contributed by atoms with Crippen molar-refractivity contribution in [2.45, 2.75) is 39.7 Å². The van der Waals surface area contributed by atoms with Gasteiger partial charge in [0, 0.05) is 6.04 Å². The molecule has 0 heterocycles. The van der Waals surface area contributed by atoms with Crippen LogP contribution in [0.1, 0.15) is 31.4 Å². The molecule has 0 fully saturated rings. The molecule has 0 aliphatic carbocycles. The summed E-state index contributed by atoms with van der Waals surface area (Å²) in [6.07, 6.45) is 2.27. The van der Waals surface area contributed by atoms with Gasteiger partial charge >= 0.3 is 0 Å². The summed E-state index contributed by atoms with van der Waals surface area (Å²) in [4.78, 5) is 0. The first-order valence-corrected chi connectivity index (χ1v) is 6.37. The van der Waals surface area contributed by atoms with Crippen LogP contribution in [0.3, 0.4) is 0 Å². The van der Waals surface area contributed by atoms with Crippen molar-refractivity contribution in [1.29, 1.82) is 0 Å². The number of ether oxygens (including phenoxy) is 1. The lowest BCUT2D eigenvalue weighted by molar-refractivity contribution is 0.396. The Hall–Kier alpha value is -1.02. The van der Waals surface area contributed by atoms with E-state index < -0.39 is 0 Å². The molecule has 2 heteroatoms. The van der Waals surface area contributed by atoms with E-state index in [4.69, 9.17) is 4.74 Å². The predicted molar refractivity (Wildman–Crippen MR) is 73.7 cm³/mol. The summed E-state index contributed by atoms with van der Waals surface area (Å²) in [7, 11) is 3.76. The molecule has 2 atom stereocenters. The molecule has 96 valence electrons. The molecular weight excluding hydrogens is 210 g/mol. The monoisotopic (exact) mass is 235 g/mol. The molecule has 0 bridgehead atoms. The highest BCUT2D eigenvalue weighted by Crippen LogP contribution is 2.24. The average Bonchev–Trinajstić information content (AvgIpc) is 2.29. The lowest BCUT2D eigenvalue weighted by Gasteiger charge is -2.18. The topological polar surface area (TPSA) is 21.3 Å². The second-order valence-electron chi connectivity index (χ2n) is 5.05. The van der Waals surface area contributed by atoms with Crippen LogP contribution in [-0.2, 0) is 6.42 Å². The van der Waals surface area contributed by atoms with Gasteiger partial charge < -0.3 is 10.1 Å². The largest absolute Gasteiger partial charge is 0.496 e. The molecule has 2 unspecified atom stereocenters. The first kappa shape index (κ1) is 14.0. The first-order chi connectivity index (χ1) is 8.06. The molecular formula is C15H25NO. The molecule has 0 aliphatic heterocycles. The molecule has 0 aliphatic rings. The van der Waals surface area contributed by atoms with E-state index in [2.05, 4.69) is 44.3 Å². The van der Waals surface area contributed by atoms with Crippen molar-refractivity contribution in [3.05, 3.63) is 29.3 Å². The van der Waals surface area contributed by atoms with Crippen molar-refractivity contribution in [3.8, 4) is 5.75 Å². The van der Waals surface area contributed by atoms with Crippen LogP contribution in [-0.4, -0.2) is 20.2 Å². The number of methoxy groups -OCH3 is 1. The molecule has 0 saturated carbocycles.